The van der Waals surface area contributed by atoms with Gasteiger partial charge in [-0.05, 0) is 13.8 Å². The maximum absolute atomic E-state index is 11.0. The van der Waals surface area contributed by atoms with Crippen molar-refractivity contribution in [1.29, 1.82) is 0 Å². The molecule has 0 spiro atoms. The molecule has 0 N–H and O–H groups in total. The molecule has 1 aliphatic rings. The Hall–Kier alpha value is 0.600. The van der Waals surface area contributed by atoms with E-state index in [2.05, 4.69) is 22.6 Å². The number of alkyl halides is 1. The molecule has 84 valence electrons. The Morgan fingerprint density at radius 1 is 1.50 bits per heavy atom. The minimum absolute atomic E-state index is 0.0168. The molecule has 0 aromatic heterocycles. The number of ether oxygens (including phenoxy) is 1. The van der Waals surface area contributed by atoms with Crippen molar-refractivity contribution >= 4 is 32.7 Å². The molecule has 1 rings (SSSR count). The van der Waals surface area contributed by atoms with Gasteiger partial charge in [-0.2, -0.15) is 8.42 Å². The van der Waals surface area contributed by atoms with Gasteiger partial charge in [0.25, 0.3) is 10.1 Å². The van der Waals surface area contributed by atoms with Gasteiger partial charge in [0, 0.05) is 12.8 Å². The van der Waals surface area contributed by atoms with Crippen molar-refractivity contribution in [1.82, 2.24) is 0 Å². The smallest absolute Gasteiger partial charge is 0.264 e. The first-order valence-corrected chi connectivity index (χ1v) is 7.44. The summed E-state index contributed by atoms with van der Waals surface area (Å²) in [6, 6.07) is 0. The molecule has 0 aromatic rings. The molecule has 0 aromatic carbocycles. The Balaban J connectivity index is 2.63. The summed E-state index contributed by atoms with van der Waals surface area (Å²) in [4.78, 5) is 0. The first-order chi connectivity index (χ1) is 6.18. The molecule has 4 nitrogen and oxygen atoms in total. The van der Waals surface area contributed by atoms with E-state index in [-0.39, 0.29) is 15.8 Å². The molecule has 14 heavy (non-hydrogen) atoms. The fraction of sp³-hybridized carbons (Fsp3) is 1.00. The summed E-state index contributed by atoms with van der Waals surface area (Å²) in [5.41, 5.74) is -0.306. The minimum atomic E-state index is -3.36. The molecule has 0 saturated carbocycles. The van der Waals surface area contributed by atoms with E-state index in [0.717, 1.165) is 6.26 Å². The molecule has 2 atom stereocenters. The largest absolute Gasteiger partial charge is 0.362 e. The molecular weight excluding hydrogens is 319 g/mol. The standard InChI is InChI=1S/C8H15IO4S/c1-8(2)5-6(4-7(9)12-8)13-14(3,10)11/h6-7H,4-5H2,1-3H3. The van der Waals surface area contributed by atoms with Crippen molar-refractivity contribution < 1.29 is 17.3 Å². The molecule has 0 aliphatic carbocycles. The highest BCUT2D eigenvalue weighted by molar-refractivity contribution is 14.1. The van der Waals surface area contributed by atoms with Gasteiger partial charge in [-0.3, -0.25) is 4.18 Å². The zero-order valence-corrected chi connectivity index (χ0v) is 11.5. The van der Waals surface area contributed by atoms with Crippen LogP contribution in [0.15, 0.2) is 0 Å². The molecule has 0 amide bonds. The number of hydrogen-bond donors (Lipinski definition) is 0. The van der Waals surface area contributed by atoms with Gasteiger partial charge in [0.2, 0.25) is 0 Å². The first-order valence-electron chi connectivity index (χ1n) is 4.38. The lowest BCUT2D eigenvalue weighted by atomic mass is 9.96. The maximum atomic E-state index is 11.0. The Morgan fingerprint density at radius 3 is 2.50 bits per heavy atom. The molecular formula is C8H15IO4S. The van der Waals surface area contributed by atoms with Crippen molar-refractivity contribution in [2.45, 2.75) is 42.5 Å². The Morgan fingerprint density at radius 2 is 2.07 bits per heavy atom. The second-order valence-corrected chi connectivity index (χ2v) is 7.14. The predicted molar refractivity (Wildman–Crippen MR) is 61.9 cm³/mol. The van der Waals surface area contributed by atoms with Crippen LogP contribution in [0.2, 0.25) is 0 Å². The van der Waals surface area contributed by atoms with Gasteiger partial charge in [0.05, 0.1) is 18.0 Å². The van der Waals surface area contributed by atoms with E-state index in [4.69, 9.17) is 8.92 Å². The minimum Gasteiger partial charge on any atom is -0.362 e. The third kappa shape index (κ3) is 4.41. The maximum Gasteiger partial charge on any atom is 0.264 e. The van der Waals surface area contributed by atoms with E-state index < -0.39 is 10.1 Å². The van der Waals surface area contributed by atoms with Crippen LogP contribution in [0.1, 0.15) is 26.7 Å². The third-order valence-corrected chi connectivity index (χ3v) is 3.31. The van der Waals surface area contributed by atoms with E-state index in [9.17, 15) is 8.42 Å². The lowest BCUT2D eigenvalue weighted by Crippen LogP contribution is -2.41. The van der Waals surface area contributed by atoms with E-state index in [1.54, 1.807) is 0 Å². The monoisotopic (exact) mass is 334 g/mol. The van der Waals surface area contributed by atoms with Crippen LogP contribution in [-0.2, 0) is 19.0 Å². The summed E-state index contributed by atoms with van der Waals surface area (Å²) < 4.78 is 32.5. The molecule has 1 saturated heterocycles. The van der Waals surface area contributed by atoms with E-state index >= 15 is 0 Å². The van der Waals surface area contributed by atoms with Crippen LogP contribution in [0.25, 0.3) is 0 Å². The van der Waals surface area contributed by atoms with Crippen molar-refractivity contribution in [2.24, 2.45) is 0 Å². The molecule has 2 unspecified atom stereocenters. The second kappa shape index (κ2) is 4.23. The normalized spacial score (nSPS) is 32.9. The molecule has 1 fully saturated rings. The lowest BCUT2D eigenvalue weighted by molar-refractivity contribution is -0.0967. The average molecular weight is 334 g/mol. The van der Waals surface area contributed by atoms with Crippen molar-refractivity contribution in [3.05, 3.63) is 0 Å². The average Bonchev–Trinajstić information content (AvgIpc) is 1.74. The second-order valence-electron chi connectivity index (χ2n) is 4.15. The third-order valence-electron chi connectivity index (χ3n) is 1.93. The van der Waals surface area contributed by atoms with Crippen LogP contribution in [0.5, 0.6) is 0 Å². The van der Waals surface area contributed by atoms with Crippen molar-refractivity contribution in [3.63, 3.8) is 0 Å². The summed E-state index contributed by atoms with van der Waals surface area (Å²) in [6.45, 7) is 3.88. The van der Waals surface area contributed by atoms with Crippen LogP contribution in [0.3, 0.4) is 0 Å². The number of halogens is 1. The van der Waals surface area contributed by atoms with E-state index in [1.165, 1.54) is 0 Å². The topological polar surface area (TPSA) is 52.6 Å². The summed E-state index contributed by atoms with van der Waals surface area (Å²) in [5.74, 6) is 0. The van der Waals surface area contributed by atoms with Gasteiger partial charge in [-0.25, -0.2) is 0 Å². The van der Waals surface area contributed by atoms with Gasteiger partial charge < -0.3 is 4.74 Å². The zero-order valence-electron chi connectivity index (χ0n) is 8.49. The molecule has 1 aliphatic heterocycles. The Labute approximate surface area is 98.6 Å². The van der Waals surface area contributed by atoms with Crippen molar-refractivity contribution in [3.8, 4) is 0 Å². The molecule has 1 heterocycles. The van der Waals surface area contributed by atoms with Crippen molar-refractivity contribution in [2.75, 3.05) is 6.26 Å². The highest BCUT2D eigenvalue weighted by Gasteiger charge is 2.35. The quantitative estimate of drug-likeness (QED) is 0.438. The highest BCUT2D eigenvalue weighted by atomic mass is 127. The first kappa shape index (κ1) is 12.7. The number of rotatable bonds is 2. The SMILES string of the molecule is CC1(C)CC(OS(C)(=O)=O)CC(I)O1. The van der Waals surface area contributed by atoms with Gasteiger partial charge in [0.1, 0.15) is 4.11 Å². The summed E-state index contributed by atoms with van der Waals surface area (Å²) in [5, 5.41) is 0. The van der Waals surface area contributed by atoms with Gasteiger partial charge in [-0.1, -0.05) is 22.6 Å². The Kier molecular flexibility index (Phi) is 3.83. The summed E-state index contributed by atoms with van der Waals surface area (Å²) >= 11 is 2.15. The molecule has 0 radical (unpaired) electrons. The van der Waals surface area contributed by atoms with Gasteiger partial charge in [0.15, 0.2) is 0 Å². The molecule has 6 heteroatoms. The summed E-state index contributed by atoms with van der Waals surface area (Å²) in [6.07, 6.45) is 2.06. The summed E-state index contributed by atoms with van der Waals surface area (Å²) in [7, 11) is -3.36. The highest BCUT2D eigenvalue weighted by Crippen LogP contribution is 2.33. The van der Waals surface area contributed by atoms with E-state index in [1.807, 2.05) is 13.8 Å². The Bertz CT molecular complexity index is 298. The lowest BCUT2D eigenvalue weighted by Gasteiger charge is -2.37. The fourth-order valence-electron chi connectivity index (χ4n) is 1.60. The van der Waals surface area contributed by atoms with Crippen LogP contribution < -0.4 is 0 Å². The molecule has 0 bridgehead atoms. The van der Waals surface area contributed by atoms with E-state index in [0.29, 0.717) is 12.8 Å². The van der Waals surface area contributed by atoms with Gasteiger partial charge >= 0.3 is 0 Å². The van der Waals surface area contributed by atoms with Crippen LogP contribution >= 0.6 is 22.6 Å². The van der Waals surface area contributed by atoms with Gasteiger partial charge in [-0.15, -0.1) is 0 Å². The van der Waals surface area contributed by atoms with Crippen LogP contribution in [-0.4, -0.2) is 30.5 Å². The zero-order chi connectivity index (χ0) is 11.0. The fourth-order valence-corrected chi connectivity index (χ4v) is 3.50. The number of hydrogen-bond acceptors (Lipinski definition) is 4. The van der Waals surface area contributed by atoms with Crippen LogP contribution in [0.4, 0.5) is 0 Å². The van der Waals surface area contributed by atoms with Crippen LogP contribution in [0, 0.1) is 0 Å². The predicted octanol–water partition coefficient (Wildman–Crippen LogP) is 1.68.